The lowest BCUT2D eigenvalue weighted by molar-refractivity contribution is -0.132. The van der Waals surface area contributed by atoms with Crippen LogP contribution in [0.4, 0.5) is 0 Å². The Hall–Kier alpha value is -3.74. The summed E-state index contributed by atoms with van der Waals surface area (Å²) in [5, 5.41) is 21.6. The monoisotopic (exact) mass is 452 g/mol. The molecular weight excluding hydrogens is 424 g/mol. The number of methoxy groups -OCH3 is 1. The van der Waals surface area contributed by atoms with Gasteiger partial charge >= 0.3 is 5.97 Å². The summed E-state index contributed by atoms with van der Waals surface area (Å²) in [7, 11) is 1.42. The zero-order valence-corrected chi connectivity index (χ0v) is 19.3. The first-order chi connectivity index (χ1) is 15.5. The van der Waals surface area contributed by atoms with Gasteiger partial charge in [0.15, 0.2) is 11.5 Å². The molecule has 7 heteroatoms. The SMILES string of the molecule is C=C(C)CCc1c(O)cc2oc3cc(OC(C)=O)c(OC)c(CCC(=C)C)c3c(=O)c2c1O. The van der Waals surface area contributed by atoms with Gasteiger partial charge in [-0.3, -0.25) is 9.59 Å². The van der Waals surface area contributed by atoms with Crippen LogP contribution in [-0.4, -0.2) is 23.3 Å². The minimum atomic E-state index is -0.556. The second-order valence-electron chi connectivity index (χ2n) is 8.29. The minimum absolute atomic E-state index is 0.0198. The number of rotatable bonds is 8. The number of carbonyl (C=O) groups is 1. The Labute approximate surface area is 191 Å². The number of allylic oxidation sites excluding steroid dienone is 2. The summed E-state index contributed by atoms with van der Waals surface area (Å²) in [5.74, 6) is -0.704. The van der Waals surface area contributed by atoms with Crippen LogP contribution in [-0.2, 0) is 17.6 Å². The average molecular weight is 453 g/mol. The molecule has 0 saturated carbocycles. The van der Waals surface area contributed by atoms with Crippen molar-refractivity contribution in [3.05, 3.63) is 57.8 Å². The molecule has 0 amide bonds. The van der Waals surface area contributed by atoms with Crippen molar-refractivity contribution in [1.29, 1.82) is 0 Å². The van der Waals surface area contributed by atoms with Gasteiger partial charge in [0.2, 0.25) is 5.43 Å². The molecule has 0 aliphatic carbocycles. The third-order valence-corrected chi connectivity index (χ3v) is 5.39. The second-order valence-corrected chi connectivity index (χ2v) is 8.29. The summed E-state index contributed by atoms with van der Waals surface area (Å²) in [5.41, 5.74) is 2.21. The predicted molar refractivity (Wildman–Crippen MR) is 127 cm³/mol. The smallest absolute Gasteiger partial charge is 0.308 e. The molecule has 33 heavy (non-hydrogen) atoms. The number of hydrogen-bond acceptors (Lipinski definition) is 7. The second kappa shape index (κ2) is 9.40. The number of benzene rings is 2. The first-order valence-corrected chi connectivity index (χ1v) is 10.6. The van der Waals surface area contributed by atoms with Crippen molar-refractivity contribution in [2.45, 2.75) is 46.5 Å². The molecule has 2 aromatic carbocycles. The highest BCUT2D eigenvalue weighted by Crippen LogP contribution is 2.41. The normalized spacial score (nSPS) is 11.0. The lowest BCUT2D eigenvalue weighted by Gasteiger charge is -2.17. The van der Waals surface area contributed by atoms with E-state index in [1.807, 2.05) is 13.8 Å². The van der Waals surface area contributed by atoms with Crippen LogP contribution in [0.3, 0.4) is 0 Å². The summed E-state index contributed by atoms with van der Waals surface area (Å²) in [6, 6.07) is 2.72. The maximum absolute atomic E-state index is 13.7. The number of ether oxygens (including phenoxy) is 2. The number of fused-ring (bicyclic) bond motifs is 2. The van der Waals surface area contributed by atoms with Gasteiger partial charge in [-0.05, 0) is 39.5 Å². The van der Waals surface area contributed by atoms with E-state index in [2.05, 4.69) is 13.2 Å². The Morgan fingerprint density at radius 3 is 2.09 bits per heavy atom. The standard InChI is InChI=1S/C26H28O7/c1-13(2)7-9-16-18(28)11-19-23(24(16)29)25(30)22-17(10-8-14(3)4)26(31-6)21(32-15(5)27)12-20(22)33-19/h11-12,28-29H,1,3,7-10H2,2,4-6H3. The van der Waals surface area contributed by atoms with Gasteiger partial charge in [0.1, 0.15) is 28.1 Å². The number of phenolic OH excluding ortho intramolecular Hbond substituents is 2. The van der Waals surface area contributed by atoms with Gasteiger partial charge in [-0.2, -0.15) is 0 Å². The molecule has 1 aromatic heterocycles. The molecule has 3 rings (SSSR count). The van der Waals surface area contributed by atoms with E-state index in [0.717, 1.165) is 11.1 Å². The first kappa shape index (κ1) is 23.9. The molecular formula is C26H28O7. The molecule has 2 N–H and O–H groups in total. The summed E-state index contributed by atoms with van der Waals surface area (Å²) >= 11 is 0. The molecule has 0 radical (unpaired) electrons. The number of aromatic hydroxyl groups is 2. The predicted octanol–water partition coefficient (Wildman–Crippen LogP) is 5.31. The third-order valence-electron chi connectivity index (χ3n) is 5.39. The van der Waals surface area contributed by atoms with Crippen molar-refractivity contribution >= 4 is 27.9 Å². The molecule has 0 bridgehead atoms. The Morgan fingerprint density at radius 1 is 0.970 bits per heavy atom. The minimum Gasteiger partial charge on any atom is -0.507 e. The van der Waals surface area contributed by atoms with Gasteiger partial charge in [0, 0.05) is 30.2 Å². The van der Waals surface area contributed by atoms with Crippen LogP contribution in [0, 0.1) is 0 Å². The number of aryl methyl sites for hydroxylation is 1. The van der Waals surface area contributed by atoms with Crippen molar-refractivity contribution in [1.82, 2.24) is 0 Å². The molecule has 0 unspecified atom stereocenters. The van der Waals surface area contributed by atoms with Crippen LogP contribution in [0.15, 0.2) is 45.6 Å². The number of carbonyl (C=O) groups excluding carboxylic acids is 1. The van der Waals surface area contributed by atoms with E-state index in [0.29, 0.717) is 31.2 Å². The van der Waals surface area contributed by atoms with Crippen molar-refractivity contribution in [2.24, 2.45) is 0 Å². The number of esters is 1. The fourth-order valence-corrected chi connectivity index (χ4v) is 3.83. The van der Waals surface area contributed by atoms with E-state index >= 15 is 0 Å². The zero-order chi connectivity index (χ0) is 24.4. The van der Waals surface area contributed by atoms with Crippen molar-refractivity contribution < 1.29 is 28.9 Å². The Kier molecular flexibility index (Phi) is 6.81. The molecule has 0 aliphatic rings. The van der Waals surface area contributed by atoms with Crippen LogP contribution in [0.2, 0.25) is 0 Å². The Morgan fingerprint density at radius 2 is 1.55 bits per heavy atom. The summed E-state index contributed by atoms with van der Waals surface area (Å²) in [6.45, 7) is 12.7. The third kappa shape index (κ3) is 4.72. The van der Waals surface area contributed by atoms with Crippen LogP contribution in [0.25, 0.3) is 21.9 Å². The van der Waals surface area contributed by atoms with E-state index in [-0.39, 0.29) is 50.5 Å². The van der Waals surface area contributed by atoms with Crippen LogP contribution < -0.4 is 14.9 Å². The molecule has 0 fully saturated rings. The Balaban J connectivity index is 2.42. The van der Waals surface area contributed by atoms with Crippen molar-refractivity contribution in [2.75, 3.05) is 7.11 Å². The topological polar surface area (TPSA) is 106 Å². The molecule has 1 heterocycles. The highest BCUT2D eigenvalue weighted by molar-refractivity contribution is 5.98. The van der Waals surface area contributed by atoms with E-state index in [9.17, 15) is 19.8 Å². The molecule has 0 spiro atoms. The molecule has 0 atom stereocenters. The lowest BCUT2D eigenvalue weighted by atomic mass is 9.97. The van der Waals surface area contributed by atoms with E-state index in [1.165, 1.54) is 26.2 Å². The zero-order valence-electron chi connectivity index (χ0n) is 19.3. The van der Waals surface area contributed by atoms with E-state index in [1.54, 1.807) is 0 Å². The number of hydrogen-bond donors (Lipinski definition) is 2. The largest absolute Gasteiger partial charge is 0.507 e. The van der Waals surface area contributed by atoms with Gasteiger partial charge in [-0.15, -0.1) is 13.2 Å². The lowest BCUT2D eigenvalue weighted by Crippen LogP contribution is -2.11. The summed E-state index contributed by atoms with van der Waals surface area (Å²) in [6.07, 6.45) is 1.78. The molecule has 174 valence electrons. The van der Waals surface area contributed by atoms with Gasteiger partial charge in [0.25, 0.3) is 0 Å². The van der Waals surface area contributed by atoms with Crippen LogP contribution in [0.1, 0.15) is 44.7 Å². The van der Waals surface area contributed by atoms with Crippen molar-refractivity contribution in [3.63, 3.8) is 0 Å². The van der Waals surface area contributed by atoms with Gasteiger partial charge in [0.05, 0.1) is 12.5 Å². The fourth-order valence-electron chi connectivity index (χ4n) is 3.83. The van der Waals surface area contributed by atoms with Gasteiger partial charge < -0.3 is 24.1 Å². The fraction of sp³-hybridized carbons (Fsp3) is 0.308. The van der Waals surface area contributed by atoms with Gasteiger partial charge in [-0.1, -0.05) is 11.1 Å². The average Bonchev–Trinajstić information content (AvgIpc) is 2.70. The first-order valence-electron chi connectivity index (χ1n) is 10.6. The van der Waals surface area contributed by atoms with E-state index in [4.69, 9.17) is 13.9 Å². The van der Waals surface area contributed by atoms with Crippen molar-refractivity contribution in [3.8, 4) is 23.0 Å². The maximum atomic E-state index is 13.7. The van der Waals surface area contributed by atoms with E-state index < -0.39 is 11.4 Å². The molecule has 3 aromatic rings. The quantitative estimate of drug-likeness (QED) is 0.206. The summed E-state index contributed by atoms with van der Waals surface area (Å²) in [4.78, 5) is 25.3. The highest BCUT2D eigenvalue weighted by atomic mass is 16.6. The Bertz CT molecular complexity index is 1340. The van der Waals surface area contributed by atoms with Crippen LogP contribution in [0.5, 0.6) is 23.0 Å². The molecule has 7 nitrogen and oxygen atoms in total. The molecule has 0 aliphatic heterocycles. The highest BCUT2D eigenvalue weighted by Gasteiger charge is 2.24. The molecule has 0 saturated heterocycles. The van der Waals surface area contributed by atoms with Gasteiger partial charge in [-0.25, -0.2) is 0 Å². The van der Waals surface area contributed by atoms with Crippen LogP contribution >= 0.6 is 0 Å². The maximum Gasteiger partial charge on any atom is 0.308 e. The number of phenols is 2. The summed E-state index contributed by atoms with van der Waals surface area (Å²) < 4.78 is 16.8.